The van der Waals surface area contributed by atoms with Crippen LogP contribution in [0.25, 0.3) is 0 Å². The van der Waals surface area contributed by atoms with Crippen LogP contribution in [-0.2, 0) is 0 Å². The van der Waals surface area contributed by atoms with Crippen molar-refractivity contribution in [3.05, 3.63) is 12.7 Å². The van der Waals surface area contributed by atoms with E-state index in [1.54, 1.807) is 0 Å². The Morgan fingerprint density at radius 3 is 2.64 bits per heavy atom. The van der Waals surface area contributed by atoms with E-state index < -0.39 is 0 Å². The van der Waals surface area contributed by atoms with E-state index in [4.69, 9.17) is 5.11 Å². The number of rotatable bonds is 6. The second-order valence-electron chi connectivity index (χ2n) is 3.56. The summed E-state index contributed by atoms with van der Waals surface area (Å²) in [6, 6.07) is 0. The summed E-state index contributed by atoms with van der Waals surface area (Å²) in [6.07, 6.45) is 2.69. The molecule has 2 N–H and O–H groups in total. The van der Waals surface area contributed by atoms with Crippen LogP contribution in [0.2, 0.25) is 0 Å². The van der Waals surface area contributed by atoms with Gasteiger partial charge in [-0.3, -0.25) is 0 Å². The SMILES string of the molecule is C=CCNCC(C)(C)CCO. The van der Waals surface area contributed by atoms with Gasteiger partial charge in [0.1, 0.15) is 0 Å². The van der Waals surface area contributed by atoms with Crippen LogP contribution in [-0.4, -0.2) is 24.8 Å². The van der Waals surface area contributed by atoms with Crippen LogP contribution < -0.4 is 5.32 Å². The summed E-state index contributed by atoms with van der Waals surface area (Å²) in [5.74, 6) is 0. The number of hydrogen-bond acceptors (Lipinski definition) is 2. The maximum atomic E-state index is 8.71. The lowest BCUT2D eigenvalue weighted by molar-refractivity contribution is 0.208. The molecule has 0 amide bonds. The van der Waals surface area contributed by atoms with E-state index in [0.717, 1.165) is 19.5 Å². The predicted octanol–water partition coefficient (Wildman–Crippen LogP) is 1.17. The largest absolute Gasteiger partial charge is 0.396 e. The Hall–Kier alpha value is -0.340. The van der Waals surface area contributed by atoms with Gasteiger partial charge in [0.2, 0.25) is 0 Å². The average molecular weight is 157 g/mol. The van der Waals surface area contributed by atoms with Crippen LogP contribution in [0.5, 0.6) is 0 Å². The lowest BCUT2D eigenvalue weighted by atomic mass is 9.90. The van der Waals surface area contributed by atoms with Crippen molar-refractivity contribution in [1.82, 2.24) is 5.32 Å². The van der Waals surface area contributed by atoms with Crippen molar-refractivity contribution in [3.63, 3.8) is 0 Å². The van der Waals surface area contributed by atoms with Crippen molar-refractivity contribution in [2.75, 3.05) is 19.7 Å². The third-order valence-corrected chi connectivity index (χ3v) is 1.68. The van der Waals surface area contributed by atoms with Crippen molar-refractivity contribution < 1.29 is 5.11 Å². The van der Waals surface area contributed by atoms with Crippen molar-refractivity contribution in [2.45, 2.75) is 20.3 Å². The summed E-state index contributed by atoms with van der Waals surface area (Å²) < 4.78 is 0. The Morgan fingerprint density at radius 1 is 1.55 bits per heavy atom. The van der Waals surface area contributed by atoms with E-state index in [1.807, 2.05) is 6.08 Å². The van der Waals surface area contributed by atoms with Crippen LogP contribution in [0.3, 0.4) is 0 Å². The van der Waals surface area contributed by atoms with Crippen molar-refractivity contribution in [3.8, 4) is 0 Å². The molecule has 0 aliphatic heterocycles. The van der Waals surface area contributed by atoms with Gasteiger partial charge in [-0.2, -0.15) is 0 Å². The Kier molecular flexibility index (Phi) is 5.16. The normalized spacial score (nSPS) is 11.5. The maximum absolute atomic E-state index is 8.71. The van der Waals surface area contributed by atoms with Crippen LogP contribution in [0.4, 0.5) is 0 Å². The number of hydrogen-bond donors (Lipinski definition) is 2. The molecule has 0 radical (unpaired) electrons. The molecule has 2 heteroatoms. The number of aliphatic hydroxyl groups is 1. The van der Waals surface area contributed by atoms with E-state index in [2.05, 4.69) is 25.7 Å². The summed E-state index contributed by atoms with van der Waals surface area (Å²) in [5, 5.41) is 11.9. The van der Waals surface area contributed by atoms with Gasteiger partial charge in [0, 0.05) is 19.7 Å². The minimum atomic E-state index is 0.192. The molecule has 0 atom stereocenters. The van der Waals surface area contributed by atoms with E-state index in [-0.39, 0.29) is 12.0 Å². The molecular weight excluding hydrogens is 138 g/mol. The first-order valence-corrected chi connectivity index (χ1v) is 4.05. The quantitative estimate of drug-likeness (QED) is 0.448. The molecular formula is C9H19NO. The fraction of sp³-hybridized carbons (Fsp3) is 0.778. The second-order valence-corrected chi connectivity index (χ2v) is 3.56. The van der Waals surface area contributed by atoms with E-state index in [1.165, 1.54) is 0 Å². The number of aliphatic hydroxyl groups excluding tert-OH is 1. The molecule has 2 nitrogen and oxygen atoms in total. The standard InChI is InChI=1S/C9H19NO/c1-4-6-10-8-9(2,3)5-7-11/h4,10-11H,1,5-8H2,2-3H3. The van der Waals surface area contributed by atoms with Gasteiger partial charge in [-0.1, -0.05) is 19.9 Å². The van der Waals surface area contributed by atoms with Crippen molar-refractivity contribution >= 4 is 0 Å². The Morgan fingerprint density at radius 2 is 2.18 bits per heavy atom. The fourth-order valence-electron chi connectivity index (χ4n) is 0.904. The van der Waals surface area contributed by atoms with Gasteiger partial charge in [-0.05, 0) is 11.8 Å². The minimum Gasteiger partial charge on any atom is -0.396 e. The zero-order valence-electron chi connectivity index (χ0n) is 7.56. The third-order valence-electron chi connectivity index (χ3n) is 1.68. The first kappa shape index (κ1) is 10.7. The van der Waals surface area contributed by atoms with E-state index in [0.29, 0.717) is 0 Å². The molecule has 0 bridgehead atoms. The second kappa shape index (κ2) is 5.33. The molecule has 0 rings (SSSR count). The van der Waals surface area contributed by atoms with Crippen LogP contribution in [0.15, 0.2) is 12.7 Å². The summed E-state index contributed by atoms with van der Waals surface area (Å²) >= 11 is 0. The molecule has 0 aromatic rings. The molecule has 0 unspecified atom stereocenters. The first-order valence-electron chi connectivity index (χ1n) is 4.05. The number of nitrogens with one attached hydrogen (secondary N) is 1. The lowest BCUT2D eigenvalue weighted by Crippen LogP contribution is -2.30. The molecule has 0 heterocycles. The zero-order chi connectivity index (χ0) is 8.74. The van der Waals surface area contributed by atoms with Crippen molar-refractivity contribution in [2.24, 2.45) is 5.41 Å². The molecule has 0 aromatic carbocycles. The van der Waals surface area contributed by atoms with Gasteiger partial charge in [0.15, 0.2) is 0 Å². The Bertz CT molecular complexity index is 110. The van der Waals surface area contributed by atoms with Crippen molar-refractivity contribution in [1.29, 1.82) is 0 Å². The van der Waals surface area contributed by atoms with Crippen LogP contribution in [0.1, 0.15) is 20.3 Å². The minimum absolute atomic E-state index is 0.192. The van der Waals surface area contributed by atoms with Gasteiger partial charge in [-0.15, -0.1) is 6.58 Å². The predicted molar refractivity (Wildman–Crippen MR) is 48.6 cm³/mol. The van der Waals surface area contributed by atoms with Gasteiger partial charge in [-0.25, -0.2) is 0 Å². The zero-order valence-corrected chi connectivity index (χ0v) is 7.56. The first-order chi connectivity index (χ1) is 5.12. The third kappa shape index (κ3) is 6.07. The lowest BCUT2D eigenvalue weighted by Gasteiger charge is -2.23. The van der Waals surface area contributed by atoms with E-state index in [9.17, 15) is 0 Å². The molecule has 11 heavy (non-hydrogen) atoms. The molecule has 0 fully saturated rings. The van der Waals surface area contributed by atoms with Gasteiger partial charge >= 0.3 is 0 Å². The Balaban J connectivity index is 3.45. The summed E-state index contributed by atoms with van der Waals surface area (Å²) in [7, 11) is 0. The van der Waals surface area contributed by atoms with Crippen LogP contribution >= 0.6 is 0 Å². The van der Waals surface area contributed by atoms with E-state index >= 15 is 0 Å². The summed E-state index contributed by atoms with van der Waals surface area (Å²) in [5.41, 5.74) is 0.192. The Labute approximate surface area is 69.3 Å². The molecule has 0 aromatic heterocycles. The summed E-state index contributed by atoms with van der Waals surface area (Å²) in [6.45, 7) is 9.93. The van der Waals surface area contributed by atoms with Gasteiger partial charge in [0.05, 0.1) is 0 Å². The highest BCUT2D eigenvalue weighted by Gasteiger charge is 2.15. The highest BCUT2D eigenvalue weighted by Crippen LogP contribution is 2.17. The van der Waals surface area contributed by atoms with Crippen LogP contribution in [0, 0.1) is 5.41 Å². The highest BCUT2D eigenvalue weighted by molar-refractivity contribution is 4.75. The highest BCUT2D eigenvalue weighted by atomic mass is 16.3. The molecule has 0 aliphatic rings. The molecule has 0 saturated carbocycles. The fourth-order valence-corrected chi connectivity index (χ4v) is 0.904. The molecule has 0 spiro atoms. The topological polar surface area (TPSA) is 32.3 Å². The average Bonchev–Trinajstić information content (AvgIpc) is 1.87. The van der Waals surface area contributed by atoms with Gasteiger partial charge in [0.25, 0.3) is 0 Å². The molecule has 0 saturated heterocycles. The summed E-state index contributed by atoms with van der Waals surface area (Å²) in [4.78, 5) is 0. The molecule has 66 valence electrons. The van der Waals surface area contributed by atoms with Gasteiger partial charge < -0.3 is 10.4 Å². The maximum Gasteiger partial charge on any atom is 0.0436 e. The molecule has 0 aliphatic carbocycles. The monoisotopic (exact) mass is 157 g/mol. The smallest absolute Gasteiger partial charge is 0.0436 e.